The van der Waals surface area contributed by atoms with Crippen molar-refractivity contribution in [1.82, 2.24) is 0 Å². The van der Waals surface area contributed by atoms with E-state index in [2.05, 4.69) is 205 Å². The van der Waals surface area contributed by atoms with E-state index in [4.69, 9.17) is 8.83 Å². The van der Waals surface area contributed by atoms with Gasteiger partial charge in [-0.2, -0.15) is 0 Å². The van der Waals surface area contributed by atoms with Crippen LogP contribution in [0.15, 0.2) is 221 Å². The summed E-state index contributed by atoms with van der Waals surface area (Å²) >= 11 is 0. The summed E-state index contributed by atoms with van der Waals surface area (Å²) in [7, 11) is 0. The molecule has 2 heterocycles. The van der Waals surface area contributed by atoms with Crippen LogP contribution in [-0.2, 0) is 5.41 Å². The van der Waals surface area contributed by atoms with E-state index in [9.17, 15) is 0 Å². The van der Waals surface area contributed by atoms with Crippen molar-refractivity contribution in [2.45, 2.75) is 5.41 Å². The van der Waals surface area contributed by atoms with Gasteiger partial charge in [-0.3, -0.25) is 0 Å². The summed E-state index contributed by atoms with van der Waals surface area (Å²) in [6.45, 7) is 0. The minimum atomic E-state index is -0.518. The molecule has 12 rings (SSSR count). The Morgan fingerprint density at radius 1 is 0.345 bits per heavy atom. The third kappa shape index (κ3) is 4.74. The average Bonchev–Trinajstić information content (AvgIpc) is 3.95. The highest BCUT2D eigenvalue weighted by Crippen LogP contribution is 2.56. The Bertz CT molecular complexity index is 3310. The Hall–Kier alpha value is -7.62. The molecule has 1 aliphatic carbocycles. The van der Waals surface area contributed by atoms with E-state index >= 15 is 0 Å². The fourth-order valence-corrected chi connectivity index (χ4v) is 9.64. The predicted octanol–water partition coefficient (Wildman–Crippen LogP) is 15.0. The molecule has 0 atom stereocenters. The molecule has 58 heavy (non-hydrogen) atoms. The van der Waals surface area contributed by atoms with Crippen molar-refractivity contribution in [3.05, 3.63) is 235 Å². The van der Waals surface area contributed by atoms with Gasteiger partial charge in [-0.25, -0.2) is 0 Å². The topological polar surface area (TPSA) is 29.5 Å². The second-order valence-corrected chi connectivity index (χ2v) is 15.2. The fraction of sp³-hybridized carbons (Fsp3) is 0.0182. The molecule has 0 bridgehead atoms. The van der Waals surface area contributed by atoms with Gasteiger partial charge in [0.05, 0.1) is 16.8 Å². The maximum absolute atomic E-state index is 7.15. The number of hydrogen-bond donors (Lipinski definition) is 0. The van der Waals surface area contributed by atoms with Crippen LogP contribution in [0.2, 0.25) is 0 Å². The maximum atomic E-state index is 7.15. The van der Waals surface area contributed by atoms with Crippen LogP contribution in [0.25, 0.3) is 66.1 Å². The normalized spacial score (nSPS) is 13.0. The van der Waals surface area contributed by atoms with Crippen molar-refractivity contribution in [1.29, 1.82) is 0 Å². The smallest absolute Gasteiger partial charge is 0.159 e. The molecule has 2 aromatic heterocycles. The molecule has 0 spiro atoms. The van der Waals surface area contributed by atoms with Gasteiger partial charge < -0.3 is 13.7 Å². The third-order valence-corrected chi connectivity index (χ3v) is 12.1. The van der Waals surface area contributed by atoms with Gasteiger partial charge in [0.1, 0.15) is 16.7 Å². The average molecular weight is 742 g/mol. The van der Waals surface area contributed by atoms with Crippen LogP contribution in [0.3, 0.4) is 0 Å². The van der Waals surface area contributed by atoms with E-state index in [1.54, 1.807) is 0 Å². The largest absolute Gasteiger partial charge is 0.456 e. The van der Waals surface area contributed by atoms with E-state index in [1.807, 2.05) is 12.1 Å². The zero-order valence-corrected chi connectivity index (χ0v) is 31.5. The number of benzene rings is 9. The predicted molar refractivity (Wildman–Crippen MR) is 238 cm³/mol. The number of hydrogen-bond acceptors (Lipinski definition) is 3. The van der Waals surface area contributed by atoms with Crippen LogP contribution >= 0.6 is 0 Å². The first kappa shape index (κ1) is 32.6. The molecule has 0 N–H and O–H groups in total. The molecule has 9 aromatic carbocycles. The van der Waals surface area contributed by atoms with Crippen LogP contribution < -0.4 is 4.90 Å². The molecule has 0 radical (unpaired) electrons. The first-order valence-corrected chi connectivity index (χ1v) is 19.8. The molecule has 0 unspecified atom stereocenters. The highest BCUT2D eigenvalue weighted by molar-refractivity contribution is 6.11. The number of anilines is 3. The van der Waals surface area contributed by atoms with Crippen LogP contribution in [0, 0.1) is 0 Å². The van der Waals surface area contributed by atoms with Crippen molar-refractivity contribution in [2.24, 2.45) is 0 Å². The molecule has 0 amide bonds. The fourth-order valence-electron chi connectivity index (χ4n) is 9.64. The molecule has 3 nitrogen and oxygen atoms in total. The van der Waals surface area contributed by atoms with E-state index in [-0.39, 0.29) is 0 Å². The Morgan fingerprint density at radius 3 is 1.74 bits per heavy atom. The quantitative estimate of drug-likeness (QED) is 0.170. The Labute approximate surface area is 335 Å². The summed E-state index contributed by atoms with van der Waals surface area (Å²) in [5, 5.41) is 4.34. The molecule has 3 heteroatoms. The third-order valence-electron chi connectivity index (χ3n) is 12.1. The molecule has 0 aliphatic heterocycles. The summed E-state index contributed by atoms with van der Waals surface area (Å²) in [5.41, 5.74) is 15.6. The molecule has 11 aromatic rings. The minimum absolute atomic E-state index is 0.518. The van der Waals surface area contributed by atoms with E-state index in [0.717, 1.165) is 72.1 Å². The number of furan rings is 2. The lowest BCUT2D eigenvalue weighted by molar-refractivity contribution is 0.665. The van der Waals surface area contributed by atoms with Crippen molar-refractivity contribution in [3.8, 4) is 22.3 Å². The van der Waals surface area contributed by atoms with Gasteiger partial charge in [-0.1, -0.05) is 164 Å². The van der Waals surface area contributed by atoms with E-state index in [1.165, 1.54) is 33.4 Å². The Morgan fingerprint density at radius 2 is 0.931 bits per heavy atom. The minimum Gasteiger partial charge on any atom is -0.456 e. The Kier molecular flexibility index (Phi) is 7.14. The lowest BCUT2D eigenvalue weighted by Gasteiger charge is -2.33. The Balaban J connectivity index is 1.09. The van der Waals surface area contributed by atoms with Crippen molar-refractivity contribution < 1.29 is 8.83 Å². The zero-order valence-electron chi connectivity index (χ0n) is 31.5. The highest BCUT2D eigenvalue weighted by Gasteiger charge is 2.46. The summed E-state index contributed by atoms with van der Waals surface area (Å²) in [4.78, 5) is 2.31. The van der Waals surface area contributed by atoms with E-state index < -0.39 is 5.41 Å². The van der Waals surface area contributed by atoms with Crippen molar-refractivity contribution in [2.75, 3.05) is 4.90 Å². The van der Waals surface area contributed by atoms with Gasteiger partial charge >= 0.3 is 0 Å². The summed E-state index contributed by atoms with van der Waals surface area (Å²) in [6.07, 6.45) is 0. The SMILES string of the molecule is c1ccc(-c2cccc(N(c3ccc4c(c3)oc3ccccc34)c3cccc4c3oc3cc(C5(c6ccccc6)c6ccccc6-c6ccccc65)ccc34)c2)cc1. The van der Waals surface area contributed by atoms with E-state index in [0.29, 0.717) is 0 Å². The molecule has 1 aliphatic rings. The number of para-hydroxylation sites is 2. The van der Waals surface area contributed by atoms with Crippen molar-refractivity contribution >= 4 is 60.9 Å². The molecular formula is C55H35NO2. The van der Waals surface area contributed by atoms with Crippen molar-refractivity contribution in [3.63, 3.8) is 0 Å². The molecule has 0 saturated heterocycles. The molecular weight excluding hydrogens is 707 g/mol. The van der Waals surface area contributed by atoms with Gasteiger partial charge in [-0.05, 0) is 87.0 Å². The van der Waals surface area contributed by atoms with Gasteiger partial charge in [0.2, 0.25) is 0 Å². The highest BCUT2D eigenvalue weighted by atomic mass is 16.3. The van der Waals surface area contributed by atoms with Crippen LogP contribution in [0.4, 0.5) is 17.1 Å². The molecule has 272 valence electrons. The summed E-state index contributed by atoms with van der Waals surface area (Å²) < 4.78 is 13.6. The summed E-state index contributed by atoms with van der Waals surface area (Å²) in [5.74, 6) is 0. The first-order valence-electron chi connectivity index (χ1n) is 19.8. The summed E-state index contributed by atoms with van der Waals surface area (Å²) in [6, 6.07) is 76.0. The zero-order chi connectivity index (χ0) is 38.2. The number of rotatable bonds is 6. The number of nitrogens with zero attached hydrogens (tertiary/aromatic N) is 1. The molecule has 0 saturated carbocycles. The van der Waals surface area contributed by atoms with Crippen LogP contribution in [0.1, 0.15) is 22.3 Å². The number of fused-ring (bicyclic) bond motifs is 9. The van der Waals surface area contributed by atoms with Gasteiger partial charge in [-0.15, -0.1) is 0 Å². The molecule has 0 fully saturated rings. The van der Waals surface area contributed by atoms with Gasteiger partial charge in [0.15, 0.2) is 5.58 Å². The standard InChI is InChI=1S/C55H35NO2/c1-3-15-36(16-4-1)37-17-13-20-40(33-37)56(41-30-32-45-44-23-9-12-28-51(44)57-53(45)35-41)50-27-14-24-47-46-31-29-39(34-52(46)58-54(47)50)55(38-18-5-2-6-19-38)48-25-10-7-21-42(48)43-22-8-11-26-49(43)55/h1-35H. The van der Waals surface area contributed by atoms with Crippen LogP contribution in [-0.4, -0.2) is 0 Å². The van der Waals surface area contributed by atoms with Gasteiger partial charge in [0, 0.05) is 33.3 Å². The van der Waals surface area contributed by atoms with Crippen LogP contribution in [0.5, 0.6) is 0 Å². The lowest BCUT2D eigenvalue weighted by Crippen LogP contribution is -2.28. The lowest BCUT2D eigenvalue weighted by atomic mass is 9.67. The second kappa shape index (κ2) is 12.7. The second-order valence-electron chi connectivity index (χ2n) is 15.2. The maximum Gasteiger partial charge on any atom is 0.159 e. The monoisotopic (exact) mass is 741 g/mol. The van der Waals surface area contributed by atoms with Gasteiger partial charge in [0.25, 0.3) is 0 Å². The first-order chi connectivity index (χ1) is 28.8.